The summed E-state index contributed by atoms with van der Waals surface area (Å²) in [6, 6.07) is 0. The van der Waals surface area contributed by atoms with Crippen LogP contribution in [0.1, 0.15) is 367 Å². The molecule has 0 aromatic heterocycles. The highest BCUT2D eigenvalue weighted by atomic mass is 16.6. The summed E-state index contributed by atoms with van der Waals surface area (Å²) in [4.78, 5) is 76.3. The average molecular weight is 1250 g/mol. The molecule has 0 aromatic carbocycles. The third-order valence-electron chi connectivity index (χ3n) is 16.7. The number of unbranched alkanes of at least 4 members (excludes halogenated alkanes) is 31. The van der Waals surface area contributed by atoms with Crippen LogP contribution in [0, 0.1) is 0 Å². The van der Waals surface area contributed by atoms with E-state index in [9.17, 15) is 28.8 Å². The molecule has 1 aliphatic rings. The standard InChI is InChI=1S/C77H134O12/c1-3-5-7-9-11-13-15-17-19-24-30-36-42-48-54-60-72(78)84-66-70(67-85-73(79)61-55-49-43-37-31-25-20-18-16-14-12-10-8-6-4-2)88-76(82)64-58-52-46-40-34-28-23-29-35-41-47-53-59-65-77(83)89-71-68-86-74(80)62-56-50-44-38-32-26-21-22-27-33-39-45-51-57-63-75(81)87-69-71/h17-23,29,70-71H,3-16,24-28,30-69H2,1-2H3/b19-17+,20-18+,22-21-,29-23+. The minimum absolute atomic E-state index is 0.116. The van der Waals surface area contributed by atoms with Gasteiger partial charge < -0.3 is 28.4 Å². The quantitative estimate of drug-likeness (QED) is 0.0246. The second kappa shape index (κ2) is 66.7. The molecule has 0 atom stereocenters. The Morgan fingerprint density at radius 2 is 0.674 bits per heavy atom. The van der Waals surface area contributed by atoms with Gasteiger partial charge in [0, 0.05) is 38.5 Å². The van der Waals surface area contributed by atoms with Gasteiger partial charge in [-0.05, 0) is 141 Å². The fourth-order valence-corrected chi connectivity index (χ4v) is 11.0. The number of hydrogen-bond donors (Lipinski definition) is 0. The molecule has 89 heavy (non-hydrogen) atoms. The lowest BCUT2D eigenvalue weighted by molar-refractivity contribution is -0.167. The Hall–Kier alpha value is -4.22. The van der Waals surface area contributed by atoms with Crippen molar-refractivity contribution in [1.29, 1.82) is 0 Å². The van der Waals surface area contributed by atoms with Crippen molar-refractivity contribution >= 4 is 35.8 Å². The van der Waals surface area contributed by atoms with Gasteiger partial charge in [0.15, 0.2) is 12.2 Å². The van der Waals surface area contributed by atoms with Crippen LogP contribution in [0.25, 0.3) is 0 Å². The van der Waals surface area contributed by atoms with E-state index < -0.39 is 12.2 Å². The van der Waals surface area contributed by atoms with E-state index in [1.165, 1.54) is 116 Å². The Bertz CT molecular complexity index is 1690. The summed E-state index contributed by atoms with van der Waals surface area (Å²) in [6.45, 7) is 4.04. The van der Waals surface area contributed by atoms with Gasteiger partial charge in [-0.25, -0.2) is 0 Å². The summed E-state index contributed by atoms with van der Waals surface area (Å²) in [5.41, 5.74) is 0. The largest absolute Gasteiger partial charge is 0.462 e. The van der Waals surface area contributed by atoms with Crippen LogP contribution in [0.4, 0.5) is 0 Å². The lowest BCUT2D eigenvalue weighted by Gasteiger charge is -2.18. The number of hydrogen-bond acceptors (Lipinski definition) is 12. The molecule has 0 bridgehead atoms. The molecule has 0 saturated heterocycles. The zero-order chi connectivity index (χ0) is 64.2. The van der Waals surface area contributed by atoms with Crippen molar-refractivity contribution in [3.05, 3.63) is 48.6 Å². The third-order valence-corrected chi connectivity index (χ3v) is 16.7. The topological polar surface area (TPSA) is 158 Å². The first kappa shape index (κ1) is 82.8. The molecule has 0 unspecified atom stereocenters. The zero-order valence-corrected chi connectivity index (χ0v) is 57.4. The van der Waals surface area contributed by atoms with E-state index in [2.05, 4.69) is 62.5 Å². The van der Waals surface area contributed by atoms with Gasteiger partial charge in [0.2, 0.25) is 0 Å². The van der Waals surface area contributed by atoms with E-state index in [4.69, 9.17) is 28.4 Å². The number of esters is 6. The Morgan fingerprint density at radius 1 is 0.382 bits per heavy atom. The monoisotopic (exact) mass is 1250 g/mol. The van der Waals surface area contributed by atoms with E-state index in [1.807, 2.05) is 0 Å². The summed E-state index contributed by atoms with van der Waals surface area (Å²) in [5.74, 6) is -2.01. The lowest BCUT2D eigenvalue weighted by Crippen LogP contribution is -2.30. The minimum atomic E-state index is -0.832. The molecule has 0 aliphatic carbocycles. The van der Waals surface area contributed by atoms with Crippen molar-refractivity contribution in [1.82, 2.24) is 0 Å². The maximum atomic E-state index is 13.0. The van der Waals surface area contributed by atoms with Gasteiger partial charge >= 0.3 is 35.8 Å². The second-order valence-electron chi connectivity index (χ2n) is 25.4. The summed E-state index contributed by atoms with van der Waals surface area (Å²) in [5, 5.41) is 0. The molecular formula is C77H134O12. The summed E-state index contributed by atoms with van der Waals surface area (Å²) in [7, 11) is 0. The normalized spacial score (nSPS) is 15.4. The molecule has 0 fully saturated rings. The van der Waals surface area contributed by atoms with Crippen molar-refractivity contribution in [3.8, 4) is 0 Å². The molecule has 0 spiro atoms. The number of allylic oxidation sites excluding steroid dienone is 8. The first-order chi connectivity index (χ1) is 43.7. The summed E-state index contributed by atoms with van der Waals surface area (Å²) < 4.78 is 33.5. The fraction of sp³-hybridized carbons (Fsp3) is 0.818. The molecular weight excluding hydrogens is 1120 g/mol. The van der Waals surface area contributed by atoms with Crippen molar-refractivity contribution in [2.45, 2.75) is 379 Å². The second-order valence-corrected chi connectivity index (χ2v) is 25.4. The molecule has 0 aromatic rings. The highest BCUT2D eigenvalue weighted by molar-refractivity contribution is 5.72. The van der Waals surface area contributed by atoms with Crippen molar-refractivity contribution in [3.63, 3.8) is 0 Å². The van der Waals surface area contributed by atoms with Gasteiger partial charge in [0.25, 0.3) is 0 Å². The zero-order valence-electron chi connectivity index (χ0n) is 57.4. The molecule has 0 radical (unpaired) electrons. The van der Waals surface area contributed by atoms with E-state index in [0.29, 0.717) is 38.5 Å². The average Bonchev–Trinajstić information content (AvgIpc) is 3.64. The van der Waals surface area contributed by atoms with Crippen LogP contribution >= 0.6 is 0 Å². The predicted molar refractivity (Wildman–Crippen MR) is 365 cm³/mol. The highest BCUT2D eigenvalue weighted by Crippen LogP contribution is 2.17. The van der Waals surface area contributed by atoms with Gasteiger partial charge in [-0.2, -0.15) is 0 Å². The van der Waals surface area contributed by atoms with Crippen LogP contribution in [0.3, 0.4) is 0 Å². The highest BCUT2D eigenvalue weighted by Gasteiger charge is 2.21. The van der Waals surface area contributed by atoms with E-state index in [1.54, 1.807) is 0 Å². The SMILES string of the molecule is CCCCCCCC/C=C/CCCCCCCC(=O)OCC(COC(=O)CCCCCCC/C=C/CCCCCCCC)OC(=O)CCCCCCC/C=C/CCCCCCC(=O)OC1COC(=O)CCCCCCC/C=C\CCCCCCCC(=O)OC1. The third kappa shape index (κ3) is 62.4. The molecule has 1 aliphatic heterocycles. The van der Waals surface area contributed by atoms with Crippen LogP contribution < -0.4 is 0 Å². The van der Waals surface area contributed by atoms with E-state index in [0.717, 1.165) is 186 Å². The molecule has 514 valence electrons. The fourth-order valence-electron chi connectivity index (χ4n) is 11.0. The van der Waals surface area contributed by atoms with Crippen LogP contribution in [0.2, 0.25) is 0 Å². The van der Waals surface area contributed by atoms with E-state index in [-0.39, 0.29) is 75.1 Å². The summed E-state index contributed by atoms with van der Waals surface area (Å²) in [6.07, 6.45) is 72.3. The van der Waals surface area contributed by atoms with Gasteiger partial charge in [-0.15, -0.1) is 0 Å². The maximum absolute atomic E-state index is 13.0. The Kier molecular flexibility index (Phi) is 62.0. The Balaban J connectivity index is 2.37. The van der Waals surface area contributed by atoms with Gasteiger partial charge in [-0.3, -0.25) is 28.8 Å². The molecule has 0 amide bonds. The number of ether oxygens (including phenoxy) is 6. The van der Waals surface area contributed by atoms with Crippen LogP contribution in [-0.2, 0) is 57.2 Å². The van der Waals surface area contributed by atoms with Gasteiger partial charge in [0.1, 0.15) is 26.4 Å². The predicted octanol–water partition coefficient (Wildman–Crippen LogP) is 21.7. The van der Waals surface area contributed by atoms with Crippen LogP contribution in [-0.4, -0.2) is 74.5 Å². The smallest absolute Gasteiger partial charge is 0.306 e. The lowest BCUT2D eigenvalue weighted by atomic mass is 10.1. The van der Waals surface area contributed by atoms with Crippen molar-refractivity contribution in [2.75, 3.05) is 26.4 Å². The Morgan fingerprint density at radius 3 is 1.03 bits per heavy atom. The van der Waals surface area contributed by atoms with Gasteiger partial charge in [0.05, 0.1) is 0 Å². The molecule has 1 rings (SSSR count). The van der Waals surface area contributed by atoms with Crippen LogP contribution in [0.15, 0.2) is 48.6 Å². The number of rotatable bonds is 51. The molecule has 12 heteroatoms. The number of carbonyl (C=O) groups is 6. The first-order valence-electron chi connectivity index (χ1n) is 37.3. The van der Waals surface area contributed by atoms with Gasteiger partial charge in [-0.1, -0.05) is 236 Å². The van der Waals surface area contributed by atoms with E-state index >= 15 is 0 Å². The molecule has 1 heterocycles. The molecule has 0 saturated carbocycles. The first-order valence-corrected chi connectivity index (χ1v) is 37.3. The number of cyclic esters (lactones) is 2. The van der Waals surface area contributed by atoms with Crippen molar-refractivity contribution < 1.29 is 57.2 Å². The summed E-state index contributed by atoms with van der Waals surface area (Å²) >= 11 is 0. The van der Waals surface area contributed by atoms with Crippen molar-refractivity contribution in [2.24, 2.45) is 0 Å². The minimum Gasteiger partial charge on any atom is -0.462 e. The molecule has 0 N–H and O–H groups in total. The maximum Gasteiger partial charge on any atom is 0.306 e. The number of carbonyl (C=O) groups excluding carboxylic acids is 6. The Labute approximate surface area is 544 Å². The van der Waals surface area contributed by atoms with Crippen LogP contribution in [0.5, 0.6) is 0 Å². The molecule has 12 nitrogen and oxygen atoms in total.